The third-order valence-corrected chi connectivity index (χ3v) is 5.72. The maximum atomic E-state index is 12.8. The van der Waals surface area contributed by atoms with Crippen LogP contribution in [0.2, 0.25) is 5.02 Å². The first-order valence-electron chi connectivity index (χ1n) is 11.0. The van der Waals surface area contributed by atoms with Gasteiger partial charge in [0.25, 0.3) is 5.91 Å². The summed E-state index contributed by atoms with van der Waals surface area (Å²) < 4.78 is 15.4. The number of hydrogen-bond donors (Lipinski definition) is 2. The molecule has 0 bridgehead atoms. The fourth-order valence-electron chi connectivity index (χ4n) is 3.62. The number of hydrogen-bond acceptors (Lipinski definition) is 9. The van der Waals surface area contributed by atoms with Gasteiger partial charge in [-0.3, -0.25) is 19.8 Å². The molecule has 200 valence electrons. The number of urea groups is 1. The zero-order chi connectivity index (χ0) is 28.3. The molecule has 0 saturated carbocycles. The number of nitro groups is 1. The van der Waals surface area contributed by atoms with E-state index in [2.05, 4.69) is 10.1 Å². The number of carbonyl (C=O) groups excluding carboxylic acids is 3. The van der Waals surface area contributed by atoms with E-state index >= 15 is 0 Å². The Labute approximate surface area is 224 Å². The predicted molar refractivity (Wildman–Crippen MR) is 133 cm³/mol. The highest BCUT2D eigenvalue weighted by atomic mass is 35.5. The van der Waals surface area contributed by atoms with Crippen LogP contribution in [-0.4, -0.2) is 45.9 Å². The maximum Gasteiger partial charge on any atom is 0.373 e. The number of carbonyl (C=O) groups is 4. The lowest BCUT2D eigenvalue weighted by molar-refractivity contribution is -0.385. The number of amides is 3. The van der Waals surface area contributed by atoms with E-state index in [1.807, 2.05) is 0 Å². The molecule has 14 heteroatoms. The highest BCUT2D eigenvalue weighted by molar-refractivity contribution is 6.32. The van der Waals surface area contributed by atoms with Gasteiger partial charge in [-0.1, -0.05) is 23.7 Å². The molecule has 1 aliphatic heterocycles. The number of aromatic carboxylic acids is 1. The van der Waals surface area contributed by atoms with Crippen LogP contribution >= 0.6 is 11.6 Å². The second kappa shape index (κ2) is 11.1. The fraction of sp³-hybridized carbons (Fsp3) is 0.120. The first-order valence-corrected chi connectivity index (χ1v) is 11.4. The number of halogens is 1. The Hall–Kier alpha value is -5.17. The fourth-order valence-corrected chi connectivity index (χ4v) is 3.90. The van der Waals surface area contributed by atoms with Gasteiger partial charge in [0.1, 0.15) is 18.1 Å². The molecule has 1 aromatic heterocycles. The molecule has 0 atom stereocenters. The smallest absolute Gasteiger partial charge is 0.373 e. The van der Waals surface area contributed by atoms with Gasteiger partial charge in [-0.2, -0.15) is 0 Å². The van der Waals surface area contributed by atoms with E-state index in [0.717, 1.165) is 11.0 Å². The lowest BCUT2D eigenvalue weighted by Gasteiger charge is -2.10. The van der Waals surface area contributed by atoms with Gasteiger partial charge in [0.05, 0.1) is 29.2 Å². The summed E-state index contributed by atoms with van der Waals surface area (Å²) in [6, 6.07) is 10.2. The molecular formula is C25H18ClN3O10. The Morgan fingerprint density at radius 1 is 1.21 bits per heavy atom. The summed E-state index contributed by atoms with van der Waals surface area (Å²) in [6.45, 7) is -0.480. The Kier molecular flexibility index (Phi) is 7.63. The van der Waals surface area contributed by atoms with Gasteiger partial charge in [-0.25, -0.2) is 14.4 Å². The largest absolute Gasteiger partial charge is 0.481 e. The zero-order valence-corrected chi connectivity index (χ0v) is 20.8. The van der Waals surface area contributed by atoms with E-state index in [1.165, 1.54) is 49.6 Å². The van der Waals surface area contributed by atoms with Gasteiger partial charge in [-0.05, 0) is 47.5 Å². The van der Waals surface area contributed by atoms with Crippen LogP contribution in [0.4, 0.5) is 10.5 Å². The molecule has 4 rings (SSSR count). The number of imide groups is 1. The molecule has 0 spiro atoms. The molecule has 2 N–H and O–H groups in total. The topological polar surface area (TPSA) is 179 Å². The monoisotopic (exact) mass is 555 g/mol. The Balaban J connectivity index is 1.54. The number of carboxylic acid groups (broad SMARTS) is 1. The highest BCUT2D eigenvalue weighted by Crippen LogP contribution is 2.37. The van der Waals surface area contributed by atoms with Crippen LogP contribution in [-0.2, 0) is 22.7 Å². The van der Waals surface area contributed by atoms with Crippen molar-refractivity contribution in [1.29, 1.82) is 0 Å². The van der Waals surface area contributed by atoms with Gasteiger partial charge in [0.15, 0.2) is 0 Å². The summed E-state index contributed by atoms with van der Waals surface area (Å²) >= 11 is 6.27. The summed E-state index contributed by atoms with van der Waals surface area (Å²) in [6.07, 6.45) is 1.21. The van der Waals surface area contributed by atoms with Gasteiger partial charge < -0.3 is 24.3 Å². The maximum absolute atomic E-state index is 12.8. The minimum absolute atomic E-state index is 0.0203. The van der Waals surface area contributed by atoms with Crippen molar-refractivity contribution in [3.05, 3.63) is 97.6 Å². The summed E-state index contributed by atoms with van der Waals surface area (Å²) in [7, 11) is 1.18. The first-order chi connectivity index (χ1) is 18.6. The van der Waals surface area contributed by atoms with Gasteiger partial charge in [0.2, 0.25) is 11.5 Å². The molecule has 2 aromatic carbocycles. The van der Waals surface area contributed by atoms with Crippen LogP contribution in [0.15, 0.2) is 58.6 Å². The van der Waals surface area contributed by atoms with E-state index < -0.39 is 34.5 Å². The highest BCUT2D eigenvalue weighted by Gasteiger charge is 2.34. The number of ether oxygens (including phenoxy) is 2. The third kappa shape index (κ3) is 5.88. The van der Waals surface area contributed by atoms with Crippen molar-refractivity contribution in [2.45, 2.75) is 13.2 Å². The molecule has 0 unspecified atom stereocenters. The second-order valence-electron chi connectivity index (χ2n) is 8.04. The lowest BCUT2D eigenvalue weighted by atomic mass is 10.1. The number of methoxy groups -OCH3 is 1. The number of nitrogens with zero attached hydrogens (tertiary/aromatic N) is 2. The standard InChI is InChI=1S/C25H18ClN3O10/c1-37-24(33)20-6-5-16(39-20)11-28-22(30)18(27-25(28)34)9-14-8-17(26)21(19(10-14)29(35)36)38-12-13-3-2-4-15(7-13)23(31)32/h2-10H,11-12H2,1H3,(H,27,34)(H,31,32)/b18-9-. The molecule has 1 fully saturated rings. The van der Waals surface area contributed by atoms with E-state index in [1.54, 1.807) is 6.07 Å². The van der Waals surface area contributed by atoms with Gasteiger partial charge in [0, 0.05) is 6.07 Å². The average Bonchev–Trinajstić information content (AvgIpc) is 3.47. The lowest BCUT2D eigenvalue weighted by Crippen LogP contribution is -2.30. The van der Waals surface area contributed by atoms with Crippen molar-refractivity contribution in [2.24, 2.45) is 0 Å². The van der Waals surface area contributed by atoms with Crippen molar-refractivity contribution in [3.8, 4) is 5.75 Å². The quantitative estimate of drug-likeness (QED) is 0.129. The molecule has 1 aliphatic rings. The normalized spacial score (nSPS) is 13.9. The molecular weight excluding hydrogens is 538 g/mol. The van der Waals surface area contributed by atoms with Crippen molar-refractivity contribution in [2.75, 3.05) is 7.11 Å². The number of esters is 1. The van der Waals surface area contributed by atoms with Crippen LogP contribution in [0.25, 0.3) is 6.08 Å². The van der Waals surface area contributed by atoms with E-state index in [4.69, 9.17) is 25.9 Å². The zero-order valence-electron chi connectivity index (χ0n) is 20.0. The Bertz CT molecular complexity index is 1540. The van der Waals surface area contributed by atoms with Crippen LogP contribution in [0, 0.1) is 10.1 Å². The number of carboxylic acids is 1. The number of benzene rings is 2. The Morgan fingerprint density at radius 3 is 2.67 bits per heavy atom. The van der Waals surface area contributed by atoms with E-state index in [0.29, 0.717) is 5.56 Å². The van der Waals surface area contributed by atoms with Crippen LogP contribution in [0.1, 0.15) is 37.8 Å². The molecule has 3 aromatic rings. The molecule has 2 heterocycles. The summed E-state index contributed by atoms with van der Waals surface area (Å²) in [5.41, 5.74) is -0.0935. The van der Waals surface area contributed by atoms with Crippen molar-refractivity contribution in [3.63, 3.8) is 0 Å². The molecule has 0 aliphatic carbocycles. The SMILES string of the molecule is COC(=O)c1ccc(CN2C(=O)N/C(=C\c3cc(Cl)c(OCc4cccc(C(=O)O)c4)c([N+](=O)[O-])c3)C2=O)o1. The molecule has 0 radical (unpaired) electrons. The average molecular weight is 556 g/mol. The van der Waals surface area contributed by atoms with Crippen LogP contribution in [0.5, 0.6) is 5.75 Å². The van der Waals surface area contributed by atoms with Crippen molar-refractivity contribution >= 4 is 47.2 Å². The summed E-state index contributed by atoms with van der Waals surface area (Å²) in [5.74, 6) is -2.82. The van der Waals surface area contributed by atoms with Crippen LogP contribution in [0.3, 0.4) is 0 Å². The van der Waals surface area contributed by atoms with E-state index in [-0.39, 0.29) is 52.3 Å². The minimum atomic E-state index is -1.14. The van der Waals surface area contributed by atoms with Crippen LogP contribution < -0.4 is 10.1 Å². The van der Waals surface area contributed by atoms with Gasteiger partial charge in [-0.15, -0.1) is 0 Å². The number of nitrogens with one attached hydrogen (secondary N) is 1. The minimum Gasteiger partial charge on any atom is -0.481 e. The summed E-state index contributed by atoms with van der Waals surface area (Å²) in [4.78, 5) is 59.8. The van der Waals surface area contributed by atoms with Crippen molar-refractivity contribution < 1.29 is 43.1 Å². The number of nitro benzene ring substituents is 1. The Morgan fingerprint density at radius 2 is 1.97 bits per heavy atom. The molecule has 3 amide bonds. The molecule has 39 heavy (non-hydrogen) atoms. The number of rotatable bonds is 9. The van der Waals surface area contributed by atoms with E-state index in [9.17, 15) is 29.3 Å². The van der Waals surface area contributed by atoms with Crippen molar-refractivity contribution in [1.82, 2.24) is 10.2 Å². The number of furan rings is 1. The van der Waals surface area contributed by atoms with Gasteiger partial charge >= 0.3 is 23.7 Å². The molecule has 13 nitrogen and oxygen atoms in total. The predicted octanol–water partition coefficient (Wildman–Crippen LogP) is 4.00. The summed E-state index contributed by atoms with van der Waals surface area (Å²) in [5, 5.41) is 23.1. The first kappa shape index (κ1) is 26.9. The second-order valence-corrected chi connectivity index (χ2v) is 8.45. The molecule has 1 saturated heterocycles. The third-order valence-electron chi connectivity index (χ3n) is 5.44.